The molecular formula is C11H8F3NO2. The van der Waals surface area contributed by atoms with E-state index in [1.165, 1.54) is 0 Å². The van der Waals surface area contributed by atoms with Gasteiger partial charge in [-0.25, -0.2) is 13.2 Å². The topological polar surface area (TPSA) is 61.1 Å². The zero-order chi connectivity index (χ0) is 13.0. The maximum Gasteiger partial charge on any atom is 0.303 e. The van der Waals surface area contributed by atoms with Crippen LogP contribution >= 0.6 is 0 Å². The number of aliphatic carboxylic acids is 1. The van der Waals surface area contributed by atoms with Crippen LogP contribution in [0.1, 0.15) is 24.3 Å². The van der Waals surface area contributed by atoms with E-state index in [0.717, 1.165) is 0 Å². The van der Waals surface area contributed by atoms with Crippen molar-refractivity contribution < 1.29 is 23.1 Å². The summed E-state index contributed by atoms with van der Waals surface area (Å²) in [6, 6.07) is 2.70. The van der Waals surface area contributed by atoms with Gasteiger partial charge in [0.1, 0.15) is 5.82 Å². The van der Waals surface area contributed by atoms with Crippen molar-refractivity contribution in [2.75, 3.05) is 0 Å². The molecule has 1 rings (SSSR count). The number of carbonyl (C=O) groups is 1. The number of carboxylic acids is 1. The molecule has 0 saturated heterocycles. The molecule has 0 spiro atoms. The SMILES string of the molecule is N#CC(CCC(=O)O)c1cc(F)cc(F)c1F. The molecule has 0 fully saturated rings. The van der Waals surface area contributed by atoms with Crippen molar-refractivity contribution in [2.45, 2.75) is 18.8 Å². The summed E-state index contributed by atoms with van der Waals surface area (Å²) in [5.41, 5.74) is -0.453. The second kappa shape index (κ2) is 5.34. The van der Waals surface area contributed by atoms with Crippen LogP contribution in [0, 0.1) is 28.8 Å². The molecule has 0 saturated carbocycles. The lowest BCUT2D eigenvalue weighted by Crippen LogP contribution is -2.05. The van der Waals surface area contributed by atoms with Crippen LogP contribution in [0.5, 0.6) is 0 Å². The lowest BCUT2D eigenvalue weighted by atomic mass is 9.95. The average Bonchev–Trinajstić information content (AvgIpc) is 2.25. The Hall–Kier alpha value is -2.03. The zero-order valence-corrected chi connectivity index (χ0v) is 8.58. The Labute approximate surface area is 95.1 Å². The van der Waals surface area contributed by atoms with Gasteiger partial charge in [-0.1, -0.05) is 0 Å². The average molecular weight is 243 g/mol. The molecule has 0 aromatic heterocycles. The number of benzene rings is 1. The molecule has 1 aromatic carbocycles. The van der Waals surface area contributed by atoms with E-state index >= 15 is 0 Å². The molecular weight excluding hydrogens is 235 g/mol. The fourth-order valence-corrected chi connectivity index (χ4v) is 1.39. The van der Waals surface area contributed by atoms with Crippen LogP contribution in [-0.2, 0) is 4.79 Å². The Morgan fingerprint density at radius 3 is 2.59 bits per heavy atom. The predicted molar refractivity (Wildman–Crippen MR) is 51.5 cm³/mol. The van der Waals surface area contributed by atoms with E-state index in [0.29, 0.717) is 12.1 Å². The number of rotatable bonds is 4. The van der Waals surface area contributed by atoms with Crippen molar-refractivity contribution in [2.24, 2.45) is 0 Å². The third kappa shape index (κ3) is 3.21. The van der Waals surface area contributed by atoms with Gasteiger partial charge in [0.05, 0.1) is 12.0 Å². The number of hydrogen-bond acceptors (Lipinski definition) is 2. The van der Waals surface area contributed by atoms with Gasteiger partial charge in [-0.2, -0.15) is 5.26 Å². The fourth-order valence-electron chi connectivity index (χ4n) is 1.39. The van der Waals surface area contributed by atoms with Crippen molar-refractivity contribution in [3.05, 3.63) is 35.1 Å². The third-order valence-corrected chi connectivity index (χ3v) is 2.20. The van der Waals surface area contributed by atoms with Crippen molar-refractivity contribution in [3.63, 3.8) is 0 Å². The Bertz CT molecular complexity index is 482. The minimum atomic E-state index is -1.39. The molecule has 0 bridgehead atoms. The van der Waals surface area contributed by atoms with E-state index < -0.39 is 34.9 Å². The Morgan fingerprint density at radius 2 is 2.06 bits per heavy atom. The summed E-state index contributed by atoms with van der Waals surface area (Å²) in [5.74, 6) is -6.06. The van der Waals surface area contributed by atoms with Gasteiger partial charge in [0.15, 0.2) is 11.6 Å². The van der Waals surface area contributed by atoms with Gasteiger partial charge in [0.2, 0.25) is 0 Å². The number of nitrogens with zero attached hydrogens (tertiary/aromatic N) is 1. The Morgan fingerprint density at radius 1 is 1.41 bits per heavy atom. The van der Waals surface area contributed by atoms with Crippen molar-refractivity contribution >= 4 is 5.97 Å². The molecule has 0 amide bonds. The normalized spacial score (nSPS) is 11.9. The molecule has 1 unspecified atom stereocenters. The molecule has 0 aliphatic heterocycles. The summed E-state index contributed by atoms with van der Waals surface area (Å²) >= 11 is 0. The lowest BCUT2D eigenvalue weighted by Gasteiger charge is -2.09. The quantitative estimate of drug-likeness (QED) is 0.826. The van der Waals surface area contributed by atoms with Crippen LogP contribution in [0.3, 0.4) is 0 Å². The Balaban J connectivity index is 3.04. The van der Waals surface area contributed by atoms with E-state index in [1.54, 1.807) is 6.07 Å². The molecule has 0 heterocycles. The summed E-state index contributed by atoms with van der Waals surface area (Å²) < 4.78 is 39.1. The number of halogens is 3. The van der Waals surface area contributed by atoms with Crippen LogP contribution < -0.4 is 0 Å². The van der Waals surface area contributed by atoms with Gasteiger partial charge in [-0.3, -0.25) is 4.79 Å². The summed E-state index contributed by atoms with van der Waals surface area (Å²) in [5, 5.41) is 17.2. The first kappa shape index (κ1) is 13.0. The highest BCUT2D eigenvalue weighted by molar-refractivity contribution is 5.66. The summed E-state index contributed by atoms with van der Waals surface area (Å²) in [6.07, 6.45) is -0.582. The predicted octanol–water partition coefficient (Wildman–Crippen LogP) is 2.58. The standard InChI is InChI=1S/C11H8F3NO2/c12-7-3-8(11(14)9(13)4-7)6(5-15)1-2-10(16)17/h3-4,6H,1-2H2,(H,16,17). The molecule has 3 nitrogen and oxygen atoms in total. The zero-order valence-electron chi connectivity index (χ0n) is 8.58. The Kier molecular flexibility index (Phi) is 4.10. The highest BCUT2D eigenvalue weighted by Crippen LogP contribution is 2.25. The maximum absolute atomic E-state index is 13.3. The molecule has 0 aliphatic rings. The van der Waals surface area contributed by atoms with Crippen LogP contribution in [0.25, 0.3) is 0 Å². The van der Waals surface area contributed by atoms with Gasteiger partial charge < -0.3 is 5.11 Å². The van der Waals surface area contributed by atoms with Gasteiger partial charge in [0.25, 0.3) is 0 Å². The van der Waals surface area contributed by atoms with Crippen molar-refractivity contribution in [1.29, 1.82) is 5.26 Å². The molecule has 1 N–H and O–H groups in total. The van der Waals surface area contributed by atoms with E-state index in [9.17, 15) is 18.0 Å². The molecule has 0 radical (unpaired) electrons. The van der Waals surface area contributed by atoms with Crippen molar-refractivity contribution in [1.82, 2.24) is 0 Å². The lowest BCUT2D eigenvalue weighted by molar-refractivity contribution is -0.137. The van der Waals surface area contributed by atoms with Gasteiger partial charge in [-0.05, 0) is 12.5 Å². The second-order valence-electron chi connectivity index (χ2n) is 3.40. The van der Waals surface area contributed by atoms with Crippen LogP contribution in [0.15, 0.2) is 12.1 Å². The molecule has 17 heavy (non-hydrogen) atoms. The maximum atomic E-state index is 13.3. The van der Waals surface area contributed by atoms with E-state index in [4.69, 9.17) is 10.4 Å². The van der Waals surface area contributed by atoms with Gasteiger partial charge >= 0.3 is 5.97 Å². The number of carboxylic acid groups (broad SMARTS) is 1. The smallest absolute Gasteiger partial charge is 0.303 e. The van der Waals surface area contributed by atoms with E-state index in [-0.39, 0.29) is 12.8 Å². The van der Waals surface area contributed by atoms with Crippen molar-refractivity contribution in [3.8, 4) is 6.07 Å². The minimum absolute atomic E-state index is 0.203. The first-order chi connectivity index (χ1) is 7.95. The van der Waals surface area contributed by atoms with Crippen LogP contribution in [-0.4, -0.2) is 11.1 Å². The molecule has 0 aliphatic carbocycles. The molecule has 90 valence electrons. The van der Waals surface area contributed by atoms with Gasteiger partial charge in [0, 0.05) is 18.1 Å². The highest BCUT2D eigenvalue weighted by atomic mass is 19.2. The summed E-state index contributed by atoms with van der Waals surface area (Å²) in [4.78, 5) is 10.3. The number of nitriles is 1. The summed E-state index contributed by atoms with van der Waals surface area (Å²) in [7, 11) is 0. The largest absolute Gasteiger partial charge is 0.481 e. The van der Waals surface area contributed by atoms with Crippen LogP contribution in [0.4, 0.5) is 13.2 Å². The second-order valence-corrected chi connectivity index (χ2v) is 3.40. The monoisotopic (exact) mass is 243 g/mol. The molecule has 1 atom stereocenters. The van der Waals surface area contributed by atoms with E-state index in [2.05, 4.69) is 0 Å². The summed E-state index contributed by atoms with van der Waals surface area (Å²) in [6.45, 7) is 0. The minimum Gasteiger partial charge on any atom is -0.481 e. The fraction of sp³-hybridized carbons (Fsp3) is 0.273. The highest BCUT2D eigenvalue weighted by Gasteiger charge is 2.20. The van der Waals surface area contributed by atoms with Gasteiger partial charge in [-0.15, -0.1) is 0 Å². The number of hydrogen-bond donors (Lipinski definition) is 1. The first-order valence-electron chi connectivity index (χ1n) is 4.71. The van der Waals surface area contributed by atoms with E-state index in [1.807, 2.05) is 0 Å². The molecule has 6 heteroatoms. The third-order valence-electron chi connectivity index (χ3n) is 2.20. The first-order valence-corrected chi connectivity index (χ1v) is 4.71. The molecule has 1 aromatic rings. The van der Waals surface area contributed by atoms with Crippen LogP contribution in [0.2, 0.25) is 0 Å².